The van der Waals surface area contributed by atoms with Crippen LogP contribution >= 0.6 is 0 Å². The highest BCUT2D eigenvalue weighted by molar-refractivity contribution is 5.78. The molecule has 2 aromatic carbocycles. The van der Waals surface area contributed by atoms with Crippen LogP contribution in [0.1, 0.15) is 29.7 Å². The lowest BCUT2D eigenvalue weighted by Gasteiger charge is -2.17. The van der Waals surface area contributed by atoms with Crippen LogP contribution < -0.4 is 0 Å². The molecule has 0 aliphatic carbocycles. The topological polar surface area (TPSA) is 33.2 Å². The molecule has 0 N–H and O–H groups in total. The molecule has 4 rings (SSSR count). The smallest absolute Gasteiger partial charge is 0.222 e. The molecule has 0 bridgehead atoms. The van der Waals surface area contributed by atoms with Crippen molar-refractivity contribution in [2.24, 2.45) is 0 Å². The number of hydrogen-bond acceptors (Lipinski definition) is 2. The third-order valence-electron chi connectivity index (χ3n) is 5.41. The van der Waals surface area contributed by atoms with E-state index in [1.54, 1.807) is 0 Å². The van der Waals surface area contributed by atoms with Gasteiger partial charge in [0, 0.05) is 37.1 Å². The largest absolute Gasteiger partial charge is 0.342 e. The predicted octanol–water partition coefficient (Wildman–Crippen LogP) is 5.20. The minimum absolute atomic E-state index is 0.270. The van der Waals surface area contributed by atoms with Crippen molar-refractivity contribution in [3.8, 4) is 22.4 Å². The van der Waals surface area contributed by atoms with E-state index in [0.29, 0.717) is 6.42 Å². The van der Waals surface area contributed by atoms with Gasteiger partial charge in [0.1, 0.15) is 0 Å². The van der Waals surface area contributed by atoms with Gasteiger partial charge >= 0.3 is 0 Å². The number of amides is 1. The van der Waals surface area contributed by atoms with Gasteiger partial charge in [-0.05, 0) is 38.0 Å². The van der Waals surface area contributed by atoms with Crippen LogP contribution in [0, 0.1) is 13.8 Å². The van der Waals surface area contributed by atoms with E-state index in [4.69, 9.17) is 4.98 Å². The molecule has 3 heteroatoms. The molecule has 1 amide bonds. The molecule has 0 radical (unpaired) electrons. The van der Waals surface area contributed by atoms with Gasteiger partial charge < -0.3 is 4.90 Å². The Bertz CT molecular complexity index is 1010. The Balaban J connectivity index is 1.71. The molecule has 3 aromatic rings. The van der Waals surface area contributed by atoms with E-state index >= 15 is 0 Å². The van der Waals surface area contributed by atoms with Gasteiger partial charge in [-0.2, -0.15) is 0 Å². The fourth-order valence-electron chi connectivity index (χ4n) is 3.91. The molecule has 0 unspecified atom stereocenters. The normalized spacial score (nSPS) is 13.9. The molecule has 142 valence electrons. The Morgan fingerprint density at radius 1 is 0.929 bits per heavy atom. The van der Waals surface area contributed by atoms with Gasteiger partial charge in [0.2, 0.25) is 5.91 Å². The van der Waals surface area contributed by atoms with Crippen LogP contribution in [0.15, 0.2) is 60.7 Å². The van der Waals surface area contributed by atoms with Crippen molar-refractivity contribution >= 4 is 5.91 Å². The van der Waals surface area contributed by atoms with Crippen molar-refractivity contribution in [3.05, 3.63) is 77.5 Å². The minimum Gasteiger partial charge on any atom is -0.342 e. The summed E-state index contributed by atoms with van der Waals surface area (Å²) in [6.45, 7) is 5.82. The van der Waals surface area contributed by atoms with Crippen molar-refractivity contribution in [3.63, 3.8) is 0 Å². The lowest BCUT2D eigenvalue weighted by molar-refractivity contribution is -0.127. The number of rotatable bonds is 5. The van der Waals surface area contributed by atoms with Gasteiger partial charge in [0.05, 0.1) is 11.4 Å². The zero-order valence-corrected chi connectivity index (χ0v) is 16.6. The highest BCUT2D eigenvalue weighted by Crippen LogP contribution is 2.28. The summed E-state index contributed by atoms with van der Waals surface area (Å²) in [7, 11) is 0. The monoisotopic (exact) mass is 370 g/mol. The average molecular weight is 370 g/mol. The molecule has 1 saturated heterocycles. The number of nitrogens with zero attached hydrogens (tertiary/aromatic N) is 2. The van der Waals surface area contributed by atoms with Crippen LogP contribution in [0.4, 0.5) is 0 Å². The van der Waals surface area contributed by atoms with Gasteiger partial charge in [-0.3, -0.25) is 9.78 Å². The molecular formula is C25H26N2O. The summed E-state index contributed by atoms with van der Waals surface area (Å²) in [5.41, 5.74) is 7.99. The number of carbonyl (C=O) groups excluding carboxylic acids is 1. The molecule has 2 heterocycles. The first kappa shape index (κ1) is 18.4. The zero-order valence-electron chi connectivity index (χ0n) is 16.6. The maximum absolute atomic E-state index is 12.0. The molecule has 0 saturated carbocycles. The van der Waals surface area contributed by atoms with E-state index in [1.807, 2.05) is 4.90 Å². The van der Waals surface area contributed by atoms with E-state index in [2.05, 4.69) is 74.5 Å². The predicted molar refractivity (Wildman–Crippen MR) is 114 cm³/mol. The molecule has 1 fully saturated rings. The van der Waals surface area contributed by atoms with Gasteiger partial charge in [-0.25, -0.2) is 0 Å². The molecule has 1 aliphatic heterocycles. The Kier molecular flexibility index (Phi) is 5.25. The SMILES string of the molecule is Cc1cccc(-c2ccc(-c3cccc(C)c3)c(CCN3CCCC3=O)n2)c1. The quantitative estimate of drug-likeness (QED) is 0.619. The van der Waals surface area contributed by atoms with Crippen molar-refractivity contribution in [2.75, 3.05) is 13.1 Å². The molecular weight excluding hydrogens is 344 g/mol. The fourth-order valence-corrected chi connectivity index (χ4v) is 3.91. The van der Waals surface area contributed by atoms with Crippen LogP contribution in [0.25, 0.3) is 22.4 Å². The second-order valence-electron chi connectivity index (χ2n) is 7.66. The highest BCUT2D eigenvalue weighted by Gasteiger charge is 2.20. The number of pyridine rings is 1. The molecule has 3 nitrogen and oxygen atoms in total. The van der Waals surface area contributed by atoms with Crippen LogP contribution in [0.5, 0.6) is 0 Å². The number of carbonyl (C=O) groups is 1. The first-order chi connectivity index (χ1) is 13.6. The van der Waals surface area contributed by atoms with Crippen LogP contribution in [-0.4, -0.2) is 28.9 Å². The second-order valence-corrected chi connectivity index (χ2v) is 7.66. The van der Waals surface area contributed by atoms with Crippen molar-refractivity contribution in [1.82, 2.24) is 9.88 Å². The van der Waals surface area contributed by atoms with Gasteiger partial charge in [0.25, 0.3) is 0 Å². The third-order valence-corrected chi connectivity index (χ3v) is 5.41. The summed E-state index contributed by atoms with van der Waals surface area (Å²) in [5.74, 6) is 0.270. The summed E-state index contributed by atoms with van der Waals surface area (Å²) in [6, 6.07) is 21.3. The summed E-state index contributed by atoms with van der Waals surface area (Å²) < 4.78 is 0. The molecule has 1 aromatic heterocycles. The lowest BCUT2D eigenvalue weighted by atomic mass is 9.98. The van der Waals surface area contributed by atoms with E-state index in [-0.39, 0.29) is 5.91 Å². The summed E-state index contributed by atoms with van der Waals surface area (Å²) in [4.78, 5) is 19.0. The first-order valence-electron chi connectivity index (χ1n) is 10.0. The number of aromatic nitrogens is 1. The standard InChI is InChI=1S/C25H26N2O/c1-18-6-3-8-20(16-18)22-11-12-23(21-9-4-7-19(2)17-21)26-24(22)13-15-27-14-5-10-25(27)28/h3-4,6-9,11-12,16-17H,5,10,13-15H2,1-2H3. The van der Waals surface area contributed by atoms with Crippen molar-refractivity contribution < 1.29 is 4.79 Å². The summed E-state index contributed by atoms with van der Waals surface area (Å²) in [5, 5.41) is 0. The number of hydrogen-bond donors (Lipinski definition) is 0. The maximum atomic E-state index is 12.0. The highest BCUT2D eigenvalue weighted by atomic mass is 16.2. The molecule has 1 aliphatic rings. The zero-order chi connectivity index (χ0) is 19.5. The summed E-state index contributed by atoms with van der Waals surface area (Å²) >= 11 is 0. The number of benzene rings is 2. The van der Waals surface area contributed by atoms with Gasteiger partial charge in [-0.15, -0.1) is 0 Å². The average Bonchev–Trinajstić information content (AvgIpc) is 3.11. The van der Waals surface area contributed by atoms with Crippen molar-refractivity contribution in [1.29, 1.82) is 0 Å². The third kappa shape index (κ3) is 3.99. The molecule has 0 atom stereocenters. The maximum Gasteiger partial charge on any atom is 0.222 e. The Labute approximate surface area is 167 Å². The Morgan fingerprint density at radius 3 is 2.32 bits per heavy atom. The fraction of sp³-hybridized carbons (Fsp3) is 0.280. The van der Waals surface area contributed by atoms with Crippen LogP contribution in [0.3, 0.4) is 0 Å². The van der Waals surface area contributed by atoms with E-state index < -0.39 is 0 Å². The Morgan fingerprint density at radius 2 is 1.64 bits per heavy atom. The minimum atomic E-state index is 0.270. The molecule has 28 heavy (non-hydrogen) atoms. The first-order valence-corrected chi connectivity index (χ1v) is 10.0. The second kappa shape index (κ2) is 7.97. The van der Waals surface area contributed by atoms with Crippen LogP contribution in [-0.2, 0) is 11.2 Å². The van der Waals surface area contributed by atoms with Crippen molar-refractivity contribution in [2.45, 2.75) is 33.1 Å². The number of aryl methyl sites for hydroxylation is 2. The van der Waals surface area contributed by atoms with E-state index in [9.17, 15) is 4.79 Å². The van der Waals surface area contributed by atoms with E-state index in [0.717, 1.165) is 48.4 Å². The van der Waals surface area contributed by atoms with Gasteiger partial charge in [0.15, 0.2) is 0 Å². The number of likely N-dealkylation sites (tertiary alicyclic amines) is 1. The Hall–Kier alpha value is -2.94. The van der Waals surface area contributed by atoms with Gasteiger partial charge in [-0.1, -0.05) is 59.7 Å². The summed E-state index contributed by atoms with van der Waals surface area (Å²) in [6.07, 6.45) is 2.43. The van der Waals surface area contributed by atoms with E-state index in [1.165, 1.54) is 16.7 Å². The lowest BCUT2D eigenvalue weighted by Crippen LogP contribution is -2.27. The van der Waals surface area contributed by atoms with Crippen LogP contribution in [0.2, 0.25) is 0 Å². The molecule has 0 spiro atoms.